The Labute approximate surface area is 300 Å². The summed E-state index contributed by atoms with van der Waals surface area (Å²) in [6.45, 7) is 0. The normalized spacial score (nSPS) is 13.5. The number of aromatic nitrogens is 1. The lowest BCUT2D eigenvalue weighted by Crippen LogP contribution is -2.26. The van der Waals surface area contributed by atoms with Gasteiger partial charge in [0.25, 0.3) is 0 Å². The summed E-state index contributed by atoms with van der Waals surface area (Å²) in [5, 5.41) is 7.16. The molecule has 2 nitrogen and oxygen atoms in total. The second kappa shape index (κ2) is 10.2. The summed E-state index contributed by atoms with van der Waals surface area (Å²) in [6, 6.07) is 64.5. The van der Waals surface area contributed by atoms with E-state index in [1.54, 1.807) is 0 Å². The Morgan fingerprint density at radius 3 is 1.85 bits per heavy atom. The van der Waals surface area contributed by atoms with E-state index in [1.165, 1.54) is 71.8 Å². The Bertz CT molecular complexity index is 3090. The molecule has 1 spiro atoms. The molecular formula is C50H29NO. The first-order valence-corrected chi connectivity index (χ1v) is 18.0. The van der Waals surface area contributed by atoms with E-state index in [4.69, 9.17) is 9.40 Å². The number of oxazole rings is 1. The van der Waals surface area contributed by atoms with Crippen LogP contribution in [0, 0.1) is 0 Å². The third kappa shape index (κ3) is 3.56. The van der Waals surface area contributed by atoms with Crippen molar-refractivity contribution >= 4 is 43.4 Å². The first-order chi connectivity index (χ1) is 25.8. The Balaban J connectivity index is 1.13. The minimum Gasteiger partial charge on any atom is -0.435 e. The maximum Gasteiger partial charge on any atom is 0.227 e. The molecule has 2 aliphatic carbocycles. The summed E-state index contributed by atoms with van der Waals surface area (Å²) in [4.78, 5) is 4.91. The molecule has 9 aromatic carbocycles. The molecule has 0 amide bonds. The Morgan fingerprint density at radius 1 is 0.404 bits per heavy atom. The fourth-order valence-corrected chi connectivity index (χ4v) is 9.50. The largest absolute Gasteiger partial charge is 0.435 e. The van der Waals surface area contributed by atoms with Crippen molar-refractivity contribution in [1.29, 1.82) is 0 Å². The van der Waals surface area contributed by atoms with E-state index < -0.39 is 5.41 Å². The van der Waals surface area contributed by atoms with Gasteiger partial charge in [-0.1, -0.05) is 146 Å². The summed E-state index contributed by atoms with van der Waals surface area (Å²) in [5.41, 5.74) is 15.3. The van der Waals surface area contributed by atoms with Crippen LogP contribution in [-0.2, 0) is 5.41 Å². The molecule has 0 atom stereocenters. The van der Waals surface area contributed by atoms with Crippen LogP contribution < -0.4 is 0 Å². The van der Waals surface area contributed by atoms with Crippen molar-refractivity contribution in [1.82, 2.24) is 4.98 Å². The van der Waals surface area contributed by atoms with Crippen molar-refractivity contribution in [2.45, 2.75) is 5.41 Å². The van der Waals surface area contributed by atoms with E-state index >= 15 is 0 Å². The topological polar surface area (TPSA) is 26.0 Å². The highest BCUT2D eigenvalue weighted by atomic mass is 16.3. The van der Waals surface area contributed by atoms with Gasteiger partial charge in [0.2, 0.25) is 5.89 Å². The van der Waals surface area contributed by atoms with Crippen molar-refractivity contribution in [3.05, 3.63) is 198 Å². The predicted molar refractivity (Wildman–Crippen MR) is 214 cm³/mol. The standard InChI is InChI=1S/C50H29NO/c1-2-11-33(12-3-1)49-51-45-27-24-32-20-18-31-19-21-34(28-41(31)46(32)48(45)52-49)35-23-25-39-40-26-22-30-10-4-5-13-36(30)47(40)50(44(39)29-35)42-16-8-6-14-37(42)38-15-7-9-17-43(38)50/h1-29H. The fraction of sp³-hybridized carbons (Fsp3) is 0.0200. The van der Waals surface area contributed by atoms with Crippen molar-refractivity contribution < 1.29 is 4.42 Å². The summed E-state index contributed by atoms with van der Waals surface area (Å²) >= 11 is 0. The third-order valence-corrected chi connectivity index (χ3v) is 11.7. The van der Waals surface area contributed by atoms with Gasteiger partial charge in [0.1, 0.15) is 5.52 Å². The Kier molecular flexibility index (Phi) is 5.46. The zero-order chi connectivity index (χ0) is 34.0. The van der Waals surface area contributed by atoms with E-state index in [2.05, 4.69) is 146 Å². The summed E-state index contributed by atoms with van der Waals surface area (Å²) < 4.78 is 6.57. The van der Waals surface area contributed by atoms with Gasteiger partial charge >= 0.3 is 0 Å². The van der Waals surface area contributed by atoms with Crippen molar-refractivity contribution in [2.75, 3.05) is 0 Å². The first kappa shape index (κ1) is 28.0. The second-order valence-electron chi connectivity index (χ2n) is 14.2. The summed E-state index contributed by atoms with van der Waals surface area (Å²) in [7, 11) is 0. The average molecular weight is 660 g/mol. The molecule has 10 aromatic rings. The molecule has 12 rings (SSSR count). The van der Waals surface area contributed by atoms with Crippen LogP contribution in [0.25, 0.3) is 88.3 Å². The van der Waals surface area contributed by atoms with Crippen LogP contribution in [0.3, 0.4) is 0 Å². The Morgan fingerprint density at radius 2 is 1.00 bits per heavy atom. The number of rotatable bonds is 2. The Hall–Kier alpha value is -6.77. The molecule has 0 aliphatic heterocycles. The van der Waals surface area contributed by atoms with Gasteiger partial charge in [-0.25, -0.2) is 4.98 Å². The van der Waals surface area contributed by atoms with E-state index in [9.17, 15) is 0 Å². The molecular weight excluding hydrogens is 631 g/mol. The molecule has 0 N–H and O–H groups in total. The van der Waals surface area contributed by atoms with E-state index in [-0.39, 0.29) is 0 Å². The van der Waals surface area contributed by atoms with Crippen LogP contribution in [0.4, 0.5) is 0 Å². The molecule has 0 fully saturated rings. The number of fused-ring (bicyclic) bond motifs is 17. The number of hydrogen-bond acceptors (Lipinski definition) is 2. The molecule has 0 saturated carbocycles. The lowest BCUT2D eigenvalue weighted by Gasteiger charge is -2.31. The second-order valence-corrected chi connectivity index (χ2v) is 14.2. The van der Waals surface area contributed by atoms with Gasteiger partial charge in [-0.2, -0.15) is 0 Å². The van der Waals surface area contributed by atoms with Gasteiger partial charge in [0.15, 0.2) is 5.58 Å². The number of nitrogens with zero attached hydrogens (tertiary/aromatic N) is 1. The zero-order valence-corrected chi connectivity index (χ0v) is 28.1. The number of benzene rings is 9. The molecule has 0 bridgehead atoms. The lowest BCUT2D eigenvalue weighted by atomic mass is 9.69. The monoisotopic (exact) mass is 659 g/mol. The van der Waals surface area contributed by atoms with Gasteiger partial charge in [-0.3, -0.25) is 0 Å². The lowest BCUT2D eigenvalue weighted by molar-refractivity contribution is 0.623. The predicted octanol–water partition coefficient (Wildman–Crippen LogP) is 13.0. The van der Waals surface area contributed by atoms with E-state index in [0.29, 0.717) is 5.89 Å². The summed E-state index contributed by atoms with van der Waals surface area (Å²) in [6.07, 6.45) is 0. The van der Waals surface area contributed by atoms with Crippen LogP contribution in [0.2, 0.25) is 0 Å². The molecule has 0 radical (unpaired) electrons. The van der Waals surface area contributed by atoms with Crippen molar-refractivity contribution in [2.24, 2.45) is 0 Å². The van der Waals surface area contributed by atoms with Crippen LogP contribution >= 0.6 is 0 Å². The highest BCUT2D eigenvalue weighted by Crippen LogP contribution is 2.64. The van der Waals surface area contributed by atoms with Crippen molar-refractivity contribution in [3.8, 4) is 44.8 Å². The molecule has 2 heteroatoms. The molecule has 240 valence electrons. The smallest absolute Gasteiger partial charge is 0.227 e. The van der Waals surface area contributed by atoms with Gasteiger partial charge in [-0.05, 0) is 113 Å². The average Bonchev–Trinajstić information content (AvgIpc) is 3.88. The minimum atomic E-state index is -0.432. The number of hydrogen-bond donors (Lipinski definition) is 0. The van der Waals surface area contributed by atoms with Crippen LogP contribution in [0.1, 0.15) is 22.3 Å². The molecule has 52 heavy (non-hydrogen) atoms. The third-order valence-electron chi connectivity index (χ3n) is 11.7. The van der Waals surface area contributed by atoms with Crippen LogP contribution in [-0.4, -0.2) is 4.98 Å². The SMILES string of the molecule is c1ccc(-c2nc3ccc4ccc5ccc(-c6ccc7c(c6)C6(c8ccccc8-c8ccccc86)c6c-7ccc7ccccc67)cc5c4c3o2)cc1. The highest BCUT2D eigenvalue weighted by Gasteiger charge is 2.52. The van der Waals surface area contributed by atoms with Crippen molar-refractivity contribution in [3.63, 3.8) is 0 Å². The maximum absolute atomic E-state index is 6.57. The molecule has 1 heterocycles. The van der Waals surface area contributed by atoms with Gasteiger partial charge in [0.05, 0.1) is 5.41 Å². The quantitative estimate of drug-likeness (QED) is 0.173. The van der Waals surface area contributed by atoms with Crippen LogP contribution in [0.15, 0.2) is 180 Å². The van der Waals surface area contributed by atoms with E-state index in [1.807, 2.05) is 30.3 Å². The molecule has 1 aromatic heterocycles. The molecule has 0 unspecified atom stereocenters. The fourth-order valence-electron chi connectivity index (χ4n) is 9.50. The van der Waals surface area contributed by atoms with Gasteiger partial charge in [-0.15, -0.1) is 0 Å². The molecule has 2 aliphatic rings. The zero-order valence-electron chi connectivity index (χ0n) is 28.1. The van der Waals surface area contributed by atoms with Crippen LogP contribution in [0.5, 0.6) is 0 Å². The van der Waals surface area contributed by atoms with Gasteiger partial charge in [0, 0.05) is 10.9 Å². The first-order valence-electron chi connectivity index (χ1n) is 18.0. The highest BCUT2D eigenvalue weighted by molar-refractivity contribution is 6.18. The van der Waals surface area contributed by atoms with Gasteiger partial charge < -0.3 is 4.42 Å². The maximum atomic E-state index is 6.57. The summed E-state index contributed by atoms with van der Waals surface area (Å²) in [5.74, 6) is 0.643. The molecule has 0 saturated heterocycles. The van der Waals surface area contributed by atoms with E-state index in [0.717, 1.165) is 32.8 Å². The minimum absolute atomic E-state index is 0.432.